The second-order valence-electron chi connectivity index (χ2n) is 11.3. The molecule has 2 amide bonds. The normalized spacial score (nSPS) is 17.1. The molecule has 3 heterocycles. The number of halogens is 4. The van der Waals surface area contributed by atoms with Crippen LogP contribution >= 0.6 is 15.9 Å². The first kappa shape index (κ1) is 29.2. The zero-order valence-electron chi connectivity index (χ0n) is 23.5. The first-order valence-electron chi connectivity index (χ1n) is 14.1. The van der Waals surface area contributed by atoms with Gasteiger partial charge >= 0.3 is 6.18 Å². The van der Waals surface area contributed by atoms with Crippen LogP contribution in [0.15, 0.2) is 57.9 Å². The highest BCUT2D eigenvalue weighted by Crippen LogP contribution is 2.36. The third-order valence-electron chi connectivity index (χ3n) is 8.57. The highest BCUT2D eigenvalue weighted by molar-refractivity contribution is 9.10. The summed E-state index contributed by atoms with van der Waals surface area (Å²) in [6, 6.07) is 9.77. The van der Waals surface area contributed by atoms with E-state index in [2.05, 4.69) is 26.3 Å². The molecule has 0 bridgehead atoms. The first-order chi connectivity index (χ1) is 20.5. The molecule has 2 aromatic heterocycles. The maximum atomic E-state index is 14.2. The van der Waals surface area contributed by atoms with Crippen LogP contribution < -0.4 is 10.9 Å². The fourth-order valence-corrected chi connectivity index (χ4v) is 6.47. The van der Waals surface area contributed by atoms with E-state index in [0.717, 1.165) is 37.3 Å². The molecule has 1 fully saturated rings. The van der Waals surface area contributed by atoms with E-state index in [-0.39, 0.29) is 34.5 Å². The Balaban J connectivity index is 1.46. The van der Waals surface area contributed by atoms with Crippen LogP contribution in [0.2, 0.25) is 0 Å². The van der Waals surface area contributed by atoms with Crippen LogP contribution in [0.3, 0.4) is 0 Å². The smallest absolute Gasteiger partial charge is 0.355 e. The van der Waals surface area contributed by atoms with E-state index in [1.807, 2.05) is 0 Å². The van der Waals surface area contributed by atoms with E-state index in [0.29, 0.717) is 34.1 Å². The summed E-state index contributed by atoms with van der Waals surface area (Å²) >= 11 is 2.94. The Morgan fingerprint density at radius 3 is 2.42 bits per heavy atom. The lowest BCUT2D eigenvalue weighted by atomic mass is 9.81. The number of carbonyl (C=O) groups excluding carboxylic acids is 2. The van der Waals surface area contributed by atoms with Crippen molar-refractivity contribution < 1.29 is 22.8 Å². The van der Waals surface area contributed by atoms with Gasteiger partial charge in [0.2, 0.25) is 0 Å². The molecule has 1 aliphatic heterocycles. The summed E-state index contributed by atoms with van der Waals surface area (Å²) in [7, 11) is 1.55. The number of fused-ring (bicyclic) bond motifs is 3. The van der Waals surface area contributed by atoms with Gasteiger partial charge in [0, 0.05) is 39.8 Å². The number of amides is 2. The molecule has 0 unspecified atom stereocenters. The lowest BCUT2D eigenvalue weighted by Crippen LogP contribution is -2.46. The van der Waals surface area contributed by atoms with Crippen LogP contribution in [0.4, 0.5) is 13.2 Å². The summed E-state index contributed by atoms with van der Waals surface area (Å²) < 4.78 is 43.9. The van der Waals surface area contributed by atoms with Crippen molar-refractivity contribution in [2.45, 2.75) is 57.8 Å². The fraction of sp³-hybridized carbons (Fsp3) is 0.355. The maximum Gasteiger partial charge on any atom is 0.417 e. The Hall–Kier alpha value is -3.93. The van der Waals surface area contributed by atoms with Crippen LogP contribution in [-0.2, 0) is 25.6 Å². The standard InChI is InChI=1S/C31H29BrF3N5O3/c1-17-12-23-26(16-38(17)29(42)20-8-11-25(32)24(14-20)31(33,34)35)40-28(21(15-37-40)13-18-4-3-5-18)39(30(23)43)22-9-6-19(7-10-22)27(41)36-2/h6-11,14-15,17-18H,3-5,12-13,16H2,1-2H3,(H,36,41)/t17-/m0/s1. The molecule has 6 rings (SSSR count). The summed E-state index contributed by atoms with van der Waals surface area (Å²) in [5.41, 5.74) is 2.31. The van der Waals surface area contributed by atoms with Crippen LogP contribution in [0, 0.1) is 5.92 Å². The van der Waals surface area contributed by atoms with Gasteiger partial charge in [-0.15, -0.1) is 0 Å². The zero-order chi connectivity index (χ0) is 30.6. The Labute approximate surface area is 253 Å². The van der Waals surface area contributed by atoms with Crippen molar-refractivity contribution in [2.75, 3.05) is 7.05 Å². The largest absolute Gasteiger partial charge is 0.417 e. The summed E-state index contributed by atoms with van der Waals surface area (Å²) in [6.07, 6.45) is 1.44. The Morgan fingerprint density at radius 1 is 1.09 bits per heavy atom. The van der Waals surface area contributed by atoms with E-state index in [4.69, 9.17) is 0 Å². The topological polar surface area (TPSA) is 88.7 Å². The van der Waals surface area contributed by atoms with Crippen LogP contribution in [-0.4, -0.2) is 44.0 Å². The van der Waals surface area contributed by atoms with Crippen molar-refractivity contribution in [1.29, 1.82) is 0 Å². The number of hydrogen-bond acceptors (Lipinski definition) is 4. The van der Waals surface area contributed by atoms with Gasteiger partial charge in [-0.25, -0.2) is 4.52 Å². The molecule has 1 atom stereocenters. The number of carbonyl (C=O) groups is 2. The Morgan fingerprint density at radius 2 is 1.79 bits per heavy atom. The average Bonchev–Trinajstić information content (AvgIpc) is 3.37. The van der Waals surface area contributed by atoms with Crippen molar-refractivity contribution >= 4 is 33.4 Å². The highest BCUT2D eigenvalue weighted by atomic mass is 79.9. The molecule has 224 valence electrons. The number of nitrogens with one attached hydrogen (secondary N) is 1. The number of nitrogens with zero attached hydrogens (tertiary/aromatic N) is 4. The number of alkyl halides is 3. The van der Waals surface area contributed by atoms with Gasteiger partial charge in [0.05, 0.1) is 29.7 Å². The van der Waals surface area contributed by atoms with E-state index in [1.165, 1.54) is 17.0 Å². The van der Waals surface area contributed by atoms with Crippen LogP contribution in [0.5, 0.6) is 0 Å². The Bertz CT molecular complexity index is 1810. The first-order valence-corrected chi connectivity index (χ1v) is 14.9. The molecular weight excluding hydrogens is 627 g/mol. The van der Waals surface area contributed by atoms with Crippen molar-refractivity contribution in [1.82, 2.24) is 24.4 Å². The molecule has 4 aromatic rings. The average molecular weight is 657 g/mol. The molecule has 1 aliphatic carbocycles. The van der Waals surface area contributed by atoms with Gasteiger partial charge in [-0.2, -0.15) is 18.3 Å². The van der Waals surface area contributed by atoms with Crippen molar-refractivity contribution in [3.63, 3.8) is 0 Å². The van der Waals surface area contributed by atoms with E-state index in [1.54, 1.807) is 53.5 Å². The molecule has 0 saturated heterocycles. The molecule has 1 saturated carbocycles. The minimum absolute atomic E-state index is 0.0134. The van der Waals surface area contributed by atoms with E-state index < -0.39 is 23.7 Å². The number of rotatable bonds is 5. The molecule has 12 heteroatoms. The molecule has 2 aromatic carbocycles. The molecule has 43 heavy (non-hydrogen) atoms. The summed E-state index contributed by atoms with van der Waals surface area (Å²) in [5, 5.41) is 7.27. The summed E-state index contributed by atoms with van der Waals surface area (Å²) in [5.74, 6) is -0.308. The van der Waals surface area contributed by atoms with Crippen molar-refractivity contribution in [3.05, 3.63) is 97.0 Å². The lowest BCUT2D eigenvalue weighted by Gasteiger charge is -2.35. The Kier molecular flexibility index (Phi) is 7.44. The highest BCUT2D eigenvalue weighted by Gasteiger charge is 2.36. The van der Waals surface area contributed by atoms with Crippen LogP contribution in [0.1, 0.15) is 69.3 Å². The second kappa shape index (κ2) is 11.0. The van der Waals surface area contributed by atoms with E-state index >= 15 is 0 Å². The van der Waals surface area contributed by atoms with E-state index in [9.17, 15) is 27.6 Å². The minimum Gasteiger partial charge on any atom is -0.355 e. The van der Waals surface area contributed by atoms with Crippen LogP contribution in [0.25, 0.3) is 11.3 Å². The molecule has 1 N–H and O–H groups in total. The van der Waals surface area contributed by atoms with Gasteiger partial charge < -0.3 is 10.2 Å². The fourth-order valence-electron chi connectivity index (χ4n) is 6.00. The predicted octanol–water partition coefficient (Wildman–Crippen LogP) is 5.56. The second-order valence-corrected chi connectivity index (χ2v) is 12.1. The van der Waals surface area contributed by atoms with Gasteiger partial charge in [0.1, 0.15) is 5.65 Å². The predicted molar refractivity (Wildman–Crippen MR) is 157 cm³/mol. The third-order valence-corrected chi connectivity index (χ3v) is 9.26. The summed E-state index contributed by atoms with van der Waals surface area (Å²) in [4.78, 5) is 41.5. The van der Waals surface area contributed by atoms with Gasteiger partial charge in [0.25, 0.3) is 17.4 Å². The van der Waals surface area contributed by atoms with Gasteiger partial charge in [-0.1, -0.05) is 35.2 Å². The number of hydrogen-bond donors (Lipinski definition) is 1. The molecule has 0 spiro atoms. The zero-order valence-corrected chi connectivity index (χ0v) is 25.1. The van der Waals surface area contributed by atoms with Gasteiger partial charge in [-0.3, -0.25) is 19.0 Å². The van der Waals surface area contributed by atoms with Crippen molar-refractivity contribution in [2.24, 2.45) is 5.92 Å². The minimum atomic E-state index is -4.63. The number of aromatic nitrogens is 3. The summed E-state index contributed by atoms with van der Waals surface area (Å²) in [6.45, 7) is 1.79. The number of benzene rings is 2. The monoisotopic (exact) mass is 655 g/mol. The quantitative estimate of drug-likeness (QED) is 0.305. The molecule has 8 nitrogen and oxygen atoms in total. The SMILES string of the molecule is CNC(=O)c1ccc(-n2c(=O)c3c(n4ncc(CC5CCC5)c24)CN(C(=O)c2ccc(Br)c(C(F)(F)F)c2)[C@@H](C)C3)cc1. The molecule has 0 radical (unpaired) electrons. The van der Waals surface area contributed by atoms with Gasteiger partial charge in [0.15, 0.2) is 0 Å². The van der Waals surface area contributed by atoms with Gasteiger partial charge in [-0.05, 0) is 68.1 Å². The maximum absolute atomic E-state index is 14.2. The van der Waals surface area contributed by atoms with Crippen molar-refractivity contribution in [3.8, 4) is 5.69 Å². The third kappa shape index (κ3) is 5.15. The lowest BCUT2D eigenvalue weighted by molar-refractivity contribution is -0.138. The molecule has 2 aliphatic rings. The molecular formula is C31H29BrF3N5O3.